The molecule has 1 heterocycles. The zero-order valence-electron chi connectivity index (χ0n) is 14.4. The van der Waals surface area contributed by atoms with Gasteiger partial charge in [0.2, 0.25) is 5.91 Å². The van der Waals surface area contributed by atoms with Crippen LogP contribution in [0.15, 0.2) is 48.5 Å². The molecule has 1 amide bonds. The SMILES string of the molecule is N#Cc1cc(NCC(=O)N(c2ccccc2)[C@H]2CCS(=O)(=O)C2)ccc1Cl. The number of benzene rings is 2. The summed E-state index contributed by atoms with van der Waals surface area (Å²) >= 11 is 5.92. The van der Waals surface area contributed by atoms with Crippen LogP contribution in [0.3, 0.4) is 0 Å². The normalized spacial score (nSPS) is 17.9. The van der Waals surface area contributed by atoms with Gasteiger partial charge >= 0.3 is 0 Å². The Kier molecular flexibility index (Phi) is 5.68. The Morgan fingerprint density at radius 1 is 1.26 bits per heavy atom. The fraction of sp³-hybridized carbons (Fsp3) is 0.263. The summed E-state index contributed by atoms with van der Waals surface area (Å²) in [6.45, 7) is -0.0298. The first-order chi connectivity index (χ1) is 12.9. The maximum atomic E-state index is 12.9. The molecule has 1 atom stereocenters. The largest absolute Gasteiger partial charge is 0.376 e. The molecule has 0 radical (unpaired) electrons. The van der Waals surface area contributed by atoms with Crippen LogP contribution in [0, 0.1) is 11.3 Å². The monoisotopic (exact) mass is 403 g/mol. The number of carbonyl (C=O) groups is 1. The first kappa shape index (κ1) is 19.2. The van der Waals surface area contributed by atoms with Crippen molar-refractivity contribution in [2.24, 2.45) is 0 Å². The molecule has 3 rings (SSSR count). The van der Waals surface area contributed by atoms with E-state index >= 15 is 0 Å². The number of nitrogens with one attached hydrogen (secondary N) is 1. The number of para-hydroxylation sites is 1. The summed E-state index contributed by atoms with van der Waals surface area (Å²) in [5, 5.41) is 12.4. The molecule has 0 unspecified atom stereocenters. The third-order valence-electron chi connectivity index (χ3n) is 4.41. The molecule has 1 saturated heterocycles. The molecule has 0 saturated carbocycles. The number of sulfone groups is 1. The molecule has 0 bridgehead atoms. The van der Waals surface area contributed by atoms with Gasteiger partial charge in [-0.25, -0.2) is 8.42 Å². The lowest BCUT2D eigenvalue weighted by Gasteiger charge is -2.28. The summed E-state index contributed by atoms with van der Waals surface area (Å²) in [5.74, 6) is -0.186. The minimum atomic E-state index is -3.13. The van der Waals surface area contributed by atoms with E-state index in [0.717, 1.165) is 0 Å². The molecular formula is C19H18ClN3O3S. The lowest BCUT2D eigenvalue weighted by Crippen LogP contribution is -2.44. The van der Waals surface area contributed by atoms with Crippen LogP contribution < -0.4 is 10.2 Å². The van der Waals surface area contributed by atoms with E-state index in [1.54, 1.807) is 35.2 Å². The summed E-state index contributed by atoms with van der Waals surface area (Å²) in [7, 11) is -3.13. The summed E-state index contributed by atoms with van der Waals surface area (Å²) in [5.41, 5.74) is 1.58. The molecule has 2 aromatic rings. The van der Waals surface area contributed by atoms with Crippen LogP contribution in [-0.4, -0.2) is 38.4 Å². The number of halogens is 1. The number of carbonyl (C=O) groups excluding carboxylic acids is 1. The highest BCUT2D eigenvalue weighted by molar-refractivity contribution is 7.91. The smallest absolute Gasteiger partial charge is 0.246 e. The minimum absolute atomic E-state index is 0.0298. The lowest BCUT2D eigenvalue weighted by molar-refractivity contribution is -0.117. The molecule has 1 aliphatic heterocycles. The van der Waals surface area contributed by atoms with Crippen molar-refractivity contribution in [2.45, 2.75) is 12.5 Å². The van der Waals surface area contributed by atoms with Crippen molar-refractivity contribution in [3.8, 4) is 6.07 Å². The van der Waals surface area contributed by atoms with E-state index in [0.29, 0.717) is 28.4 Å². The average molecular weight is 404 g/mol. The molecule has 0 spiro atoms. The first-order valence-corrected chi connectivity index (χ1v) is 10.6. The fourth-order valence-electron chi connectivity index (χ4n) is 3.11. The van der Waals surface area contributed by atoms with E-state index < -0.39 is 9.84 Å². The molecule has 140 valence electrons. The molecular weight excluding hydrogens is 386 g/mol. The Balaban J connectivity index is 1.78. The van der Waals surface area contributed by atoms with Gasteiger partial charge in [0.25, 0.3) is 0 Å². The molecule has 27 heavy (non-hydrogen) atoms. The van der Waals surface area contributed by atoms with Gasteiger partial charge in [-0.2, -0.15) is 5.26 Å². The molecule has 1 fully saturated rings. The molecule has 0 aliphatic carbocycles. The zero-order valence-corrected chi connectivity index (χ0v) is 16.0. The molecule has 1 aliphatic rings. The van der Waals surface area contributed by atoms with Gasteiger partial charge in [-0.3, -0.25) is 4.79 Å². The lowest BCUT2D eigenvalue weighted by atomic mass is 10.1. The third-order valence-corrected chi connectivity index (χ3v) is 6.49. The summed E-state index contributed by atoms with van der Waals surface area (Å²) in [6, 6.07) is 15.5. The molecule has 8 heteroatoms. The Morgan fingerprint density at radius 2 is 2.00 bits per heavy atom. The first-order valence-electron chi connectivity index (χ1n) is 8.41. The van der Waals surface area contributed by atoms with Crippen molar-refractivity contribution < 1.29 is 13.2 Å². The Hall–Kier alpha value is -2.56. The van der Waals surface area contributed by atoms with Crippen LogP contribution in [0.1, 0.15) is 12.0 Å². The quantitative estimate of drug-likeness (QED) is 0.828. The van der Waals surface area contributed by atoms with Crippen molar-refractivity contribution in [3.63, 3.8) is 0 Å². The van der Waals surface area contributed by atoms with Crippen molar-refractivity contribution in [3.05, 3.63) is 59.1 Å². The third kappa shape index (κ3) is 4.59. The van der Waals surface area contributed by atoms with E-state index in [2.05, 4.69) is 5.32 Å². The van der Waals surface area contributed by atoms with Gasteiger partial charge in [0.15, 0.2) is 9.84 Å². The van der Waals surface area contributed by atoms with E-state index in [-0.39, 0.29) is 30.0 Å². The minimum Gasteiger partial charge on any atom is -0.376 e. The van der Waals surface area contributed by atoms with Gasteiger partial charge in [-0.1, -0.05) is 29.8 Å². The van der Waals surface area contributed by atoms with Gasteiger partial charge in [0.05, 0.1) is 34.7 Å². The highest BCUT2D eigenvalue weighted by atomic mass is 35.5. The Morgan fingerprint density at radius 3 is 2.63 bits per heavy atom. The van der Waals surface area contributed by atoms with Gasteiger partial charge in [-0.05, 0) is 36.8 Å². The molecule has 0 aromatic heterocycles. The molecule has 1 N–H and O–H groups in total. The van der Waals surface area contributed by atoms with Crippen molar-refractivity contribution >= 4 is 38.7 Å². The van der Waals surface area contributed by atoms with Crippen LogP contribution in [0.5, 0.6) is 0 Å². The van der Waals surface area contributed by atoms with Crippen LogP contribution >= 0.6 is 11.6 Å². The number of rotatable bonds is 5. The highest BCUT2D eigenvalue weighted by Crippen LogP contribution is 2.25. The number of amides is 1. The fourth-order valence-corrected chi connectivity index (χ4v) is 4.97. The summed E-state index contributed by atoms with van der Waals surface area (Å²) in [6.07, 6.45) is 0.419. The van der Waals surface area contributed by atoms with E-state index in [1.165, 1.54) is 0 Å². The number of hydrogen-bond donors (Lipinski definition) is 1. The second-order valence-corrected chi connectivity index (χ2v) is 8.95. The second-order valence-electron chi connectivity index (χ2n) is 6.32. The zero-order chi connectivity index (χ0) is 19.4. The highest BCUT2D eigenvalue weighted by Gasteiger charge is 2.35. The van der Waals surface area contributed by atoms with E-state index in [9.17, 15) is 13.2 Å². The standard InChI is InChI=1S/C19H18ClN3O3S/c20-18-7-6-15(10-14(18)11-21)22-12-19(24)23(16-4-2-1-3-5-16)17-8-9-27(25,26)13-17/h1-7,10,17,22H,8-9,12-13H2/t17-/m0/s1. The number of nitrogens with zero attached hydrogens (tertiary/aromatic N) is 2. The number of hydrogen-bond acceptors (Lipinski definition) is 5. The maximum Gasteiger partial charge on any atom is 0.246 e. The molecule has 2 aromatic carbocycles. The van der Waals surface area contributed by atoms with E-state index in [1.807, 2.05) is 24.3 Å². The predicted molar refractivity (Wildman–Crippen MR) is 106 cm³/mol. The van der Waals surface area contributed by atoms with Crippen LogP contribution in [0.25, 0.3) is 0 Å². The van der Waals surface area contributed by atoms with Crippen LogP contribution in [0.4, 0.5) is 11.4 Å². The average Bonchev–Trinajstić information content (AvgIpc) is 3.01. The van der Waals surface area contributed by atoms with Gasteiger partial charge in [0.1, 0.15) is 6.07 Å². The number of anilines is 2. The van der Waals surface area contributed by atoms with Crippen molar-refractivity contribution in [1.82, 2.24) is 0 Å². The van der Waals surface area contributed by atoms with Crippen molar-refractivity contribution in [1.29, 1.82) is 5.26 Å². The Labute approximate surface area is 163 Å². The van der Waals surface area contributed by atoms with Gasteiger partial charge in [0, 0.05) is 11.4 Å². The number of nitriles is 1. The summed E-state index contributed by atoms with van der Waals surface area (Å²) < 4.78 is 23.8. The Bertz CT molecular complexity index is 987. The predicted octanol–water partition coefficient (Wildman–Crippen LogP) is 2.84. The van der Waals surface area contributed by atoms with Crippen molar-refractivity contribution in [2.75, 3.05) is 28.3 Å². The van der Waals surface area contributed by atoms with Crippen LogP contribution in [-0.2, 0) is 14.6 Å². The van der Waals surface area contributed by atoms with Crippen LogP contribution in [0.2, 0.25) is 5.02 Å². The maximum absolute atomic E-state index is 12.9. The second kappa shape index (κ2) is 7.99. The van der Waals surface area contributed by atoms with Gasteiger partial charge in [-0.15, -0.1) is 0 Å². The van der Waals surface area contributed by atoms with Gasteiger partial charge < -0.3 is 10.2 Å². The molecule has 6 nitrogen and oxygen atoms in total. The topological polar surface area (TPSA) is 90.3 Å². The van der Waals surface area contributed by atoms with E-state index in [4.69, 9.17) is 16.9 Å². The summed E-state index contributed by atoms with van der Waals surface area (Å²) in [4.78, 5) is 14.5.